The zero-order valence-electron chi connectivity index (χ0n) is 12.0. The molecule has 6 nitrogen and oxygen atoms in total. The van der Waals surface area contributed by atoms with Gasteiger partial charge < -0.3 is 5.32 Å². The second-order valence-corrected chi connectivity index (χ2v) is 6.00. The van der Waals surface area contributed by atoms with Gasteiger partial charge in [0.2, 0.25) is 11.8 Å². The van der Waals surface area contributed by atoms with Gasteiger partial charge in [-0.2, -0.15) is 0 Å². The molecule has 1 fully saturated rings. The highest BCUT2D eigenvalue weighted by Gasteiger charge is 2.41. The zero-order chi connectivity index (χ0) is 16.2. The van der Waals surface area contributed by atoms with Gasteiger partial charge in [0.15, 0.2) is 0 Å². The molecule has 1 aromatic carbocycles. The molecule has 0 saturated carbocycles. The second-order valence-electron chi connectivity index (χ2n) is 4.85. The number of amides is 3. The molecule has 1 aromatic heterocycles. The van der Waals surface area contributed by atoms with E-state index >= 15 is 0 Å². The van der Waals surface area contributed by atoms with E-state index in [0.29, 0.717) is 11.5 Å². The van der Waals surface area contributed by atoms with E-state index in [1.807, 2.05) is 0 Å². The SMILES string of the molecule is O=C(C[C@@H]1SC(=O)N(c2ccccc2)C1=O)Nc1ccccn1. The maximum atomic E-state index is 12.4. The Kier molecular flexibility index (Phi) is 4.38. The van der Waals surface area contributed by atoms with Crippen LogP contribution < -0.4 is 10.2 Å². The van der Waals surface area contributed by atoms with Crippen molar-refractivity contribution < 1.29 is 14.4 Å². The molecular formula is C16H13N3O3S. The summed E-state index contributed by atoms with van der Waals surface area (Å²) < 4.78 is 0. The van der Waals surface area contributed by atoms with Crippen LogP contribution in [0, 0.1) is 0 Å². The molecule has 116 valence electrons. The number of nitrogens with zero attached hydrogens (tertiary/aromatic N) is 2. The van der Waals surface area contributed by atoms with Crippen molar-refractivity contribution in [3.8, 4) is 0 Å². The number of pyridine rings is 1. The van der Waals surface area contributed by atoms with Gasteiger partial charge in [0.25, 0.3) is 5.24 Å². The van der Waals surface area contributed by atoms with Gasteiger partial charge in [-0.1, -0.05) is 24.3 Å². The highest BCUT2D eigenvalue weighted by Crippen LogP contribution is 2.33. The van der Waals surface area contributed by atoms with Crippen molar-refractivity contribution in [2.75, 3.05) is 10.2 Å². The zero-order valence-corrected chi connectivity index (χ0v) is 12.8. The van der Waals surface area contributed by atoms with Crippen molar-refractivity contribution in [2.45, 2.75) is 11.7 Å². The van der Waals surface area contributed by atoms with Gasteiger partial charge in [-0.25, -0.2) is 9.88 Å². The van der Waals surface area contributed by atoms with E-state index in [9.17, 15) is 14.4 Å². The van der Waals surface area contributed by atoms with Gasteiger partial charge in [-0.15, -0.1) is 0 Å². The quantitative estimate of drug-likeness (QED) is 0.934. The molecule has 0 aliphatic carbocycles. The highest BCUT2D eigenvalue weighted by molar-refractivity contribution is 8.15. The third-order valence-electron chi connectivity index (χ3n) is 3.24. The van der Waals surface area contributed by atoms with Gasteiger partial charge in [-0.3, -0.25) is 14.4 Å². The van der Waals surface area contributed by atoms with Crippen LogP contribution in [0.3, 0.4) is 0 Å². The normalized spacial score (nSPS) is 17.4. The predicted octanol–water partition coefficient (Wildman–Crippen LogP) is 2.68. The summed E-state index contributed by atoms with van der Waals surface area (Å²) in [7, 11) is 0. The molecular weight excluding hydrogens is 314 g/mol. The van der Waals surface area contributed by atoms with Gasteiger partial charge in [0.1, 0.15) is 11.1 Å². The number of nitrogens with one attached hydrogen (secondary N) is 1. The van der Waals surface area contributed by atoms with E-state index in [1.54, 1.807) is 54.7 Å². The summed E-state index contributed by atoms with van der Waals surface area (Å²) in [4.78, 5) is 41.6. The average molecular weight is 327 g/mol. The lowest BCUT2D eigenvalue weighted by molar-refractivity contribution is -0.121. The molecule has 1 aliphatic rings. The Labute approximate surface area is 136 Å². The fourth-order valence-electron chi connectivity index (χ4n) is 2.20. The molecule has 2 aromatic rings. The molecule has 0 spiro atoms. The van der Waals surface area contributed by atoms with Crippen molar-refractivity contribution in [3.63, 3.8) is 0 Å². The molecule has 3 amide bonds. The Hall–Kier alpha value is -2.67. The molecule has 1 atom stereocenters. The molecule has 0 radical (unpaired) electrons. The van der Waals surface area contributed by atoms with Crippen molar-refractivity contribution in [2.24, 2.45) is 0 Å². The first kappa shape index (κ1) is 15.2. The lowest BCUT2D eigenvalue weighted by Gasteiger charge is -2.13. The van der Waals surface area contributed by atoms with Gasteiger partial charge in [0, 0.05) is 12.6 Å². The number of carbonyl (C=O) groups is 3. The fourth-order valence-corrected chi connectivity index (χ4v) is 3.18. The minimum Gasteiger partial charge on any atom is -0.311 e. The van der Waals surface area contributed by atoms with Crippen molar-refractivity contribution in [1.29, 1.82) is 0 Å². The summed E-state index contributed by atoms with van der Waals surface area (Å²) in [5.74, 6) is -0.307. The van der Waals surface area contributed by atoms with Crippen molar-refractivity contribution >= 4 is 40.3 Å². The van der Waals surface area contributed by atoms with Crippen molar-refractivity contribution in [3.05, 3.63) is 54.7 Å². The maximum Gasteiger partial charge on any atom is 0.293 e. The first-order valence-corrected chi connectivity index (χ1v) is 7.83. The molecule has 7 heteroatoms. The number of anilines is 2. The van der Waals surface area contributed by atoms with Crippen LogP contribution in [0.5, 0.6) is 0 Å². The lowest BCUT2D eigenvalue weighted by Crippen LogP contribution is -2.32. The summed E-state index contributed by atoms with van der Waals surface area (Å²) in [6.07, 6.45) is 1.49. The monoisotopic (exact) mass is 327 g/mol. The summed E-state index contributed by atoms with van der Waals surface area (Å²) in [6, 6.07) is 13.8. The molecule has 23 heavy (non-hydrogen) atoms. The Bertz CT molecular complexity index is 737. The summed E-state index contributed by atoms with van der Waals surface area (Å²) in [6.45, 7) is 0. The molecule has 0 unspecified atom stereocenters. The van der Waals surface area contributed by atoms with E-state index in [-0.39, 0.29) is 23.5 Å². The average Bonchev–Trinajstić information content (AvgIpc) is 2.83. The van der Waals surface area contributed by atoms with E-state index in [1.165, 1.54) is 0 Å². The topological polar surface area (TPSA) is 79.4 Å². The van der Waals surface area contributed by atoms with E-state index in [0.717, 1.165) is 16.7 Å². The molecule has 1 aliphatic heterocycles. The number of hydrogen-bond acceptors (Lipinski definition) is 5. The maximum absolute atomic E-state index is 12.4. The number of thioether (sulfide) groups is 1. The highest BCUT2D eigenvalue weighted by atomic mass is 32.2. The van der Waals surface area contributed by atoms with Crippen LogP contribution >= 0.6 is 11.8 Å². The first-order chi connectivity index (χ1) is 11.1. The summed E-state index contributed by atoms with van der Waals surface area (Å²) in [5.41, 5.74) is 0.516. The minimum absolute atomic E-state index is 0.0743. The minimum atomic E-state index is -0.716. The van der Waals surface area contributed by atoms with Gasteiger partial charge >= 0.3 is 0 Å². The summed E-state index contributed by atoms with van der Waals surface area (Å²) >= 11 is 0.872. The van der Waals surface area contributed by atoms with Crippen LogP contribution in [0.1, 0.15) is 6.42 Å². The van der Waals surface area contributed by atoms with Crippen LogP contribution in [0.25, 0.3) is 0 Å². The van der Waals surface area contributed by atoms with E-state index < -0.39 is 5.25 Å². The standard InChI is InChI=1S/C16H13N3O3S/c20-14(18-13-8-4-5-9-17-13)10-12-15(21)19(16(22)23-12)11-6-2-1-3-7-11/h1-9,12H,10H2,(H,17,18,20)/t12-/m0/s1. The second kappa shape index (κ2) is 6.62. The predicted molar refractivity (Wildman–Crippen MR) is 88.2 cm³/mol. The first-order valence-electron chi connectivity index (χ1n) is 6.95. The molecule has 1 saturated heterocycles. The van der Waals surface area contributed by atoms with E-state index in [4.69, 9.17) is 0 Å². The number of imide groups is 1. The van der Waals surface area contributed by atoms with Crippen LogP contribution in [0.15, 0.2) is 54.7 Å². The number of rotatable bonds is 4. The summed E-state index contributed by atoms with van der Waals surface area (Å²) in [5, 5.41) is 1.53. The Morgan fingerprint density at radius 1 is 1.13 bits per heavy atom. The molecule has 2 heterocycles. The molecule has 3 rings (SSSR count). The lowest BCUT2D eigenvalue weighted by atomic mass is 10.2. The van der Waals surface area contributed by atoms with Crippen LogP contribution in [0.4, 0.5) is 16.3 Å². The number of benzene rings is 1. The largest absolute Gasteiger partial charge is 0.311 e. The number of hydrogen-bond donors (Lipinski definition) is 1. The van der Waals surface area contributed by atoms with E-state index in [2.05, 4.69) is 10.3 Å². The van der Waals surface area contributed by atoms with Crippen molar-refractivity contribution in [1.82, 2.24) is 4.98 Å². The Balaban J connectivity index is 1.67. The number of carbonyl (C=O) groups excluding carboxylic acids is 3. The third-order valence-corrected chi connectivity index (χ3v) is 4.28. The fraction of sp³-hybridized carbons (Fsp3) is 0.125. The van der Waals surface area contributed by atoms with Gasteiger partial charge in [0.05, 0.1) is 5.69 Å². The Morgan fingerprint density at radius 2 is 1.87 bits per heavy atom. The number of aromatic nitrogens is 1. The van der Waals surface area contributed by atoms with Crippen LogP contribution in [-0.2, 0) is 9.59 Å². The smallest absolute Gasteiger partial charge is 0.293 e. The van der Waals surface area contributed by atoms with Crippen LogP contribution in [-0.4, -0.2) is 27.3 Å². The van der Waals surface area contributed by atoms with Gasteiger partial charge in [-0.05, 0) is 36.0 Å². The number of para-hydroxylation sites is 1. The molecule has 1 N–H and O–H groups in total. The molecule has 0 bridgehead atoms. The third kappa shape index (κ3) is 3.40. The Morgan fingerprint density at radius 3 is 2.57 bits per heavy atom. The van der Waals surface area contributed by atoms with Crippen LogP contribution in [0.2, 0.25) is 0 Å².